The van der Waals surface area contributed by atoms with Crippen molar-refractivity contribution < 1.29 is 0 Å². The van der Waals surface area contributed by atoms with Gasteiger partial charge < -0.3 is 4.57 Å². The summed E-state index contributed by atoms with van der Waals surface area (Å²) in [6, 6.07) is 71.6. The maximum atomic E-state index is 5.23. The normalized spacial score (nSPS) is 11.9. The lowest BCUT2D eigenvalue weighted by atomic mass is 9.94. The molecule has 0 saturated carbocycles. The van der Waals surface area contributed by atoms with E-state index in [2.05, 4.69) is 180 Å². The molecule has 0 unspecified atom stereocenters. The molecule has 0 atom stereocenters. The largest absolute Gasteiger partial charge is 0.309 e. The second-order valence-electron chi connectivity index (χ2n) is 14.5. The van der Waals surface area contributed by atoms with Crippen molar-refractivity contribution in [3.05, 3.63) is 211 Å². The summed E-state index contributed by atoms with van der Waals surface area (Å²) in [5, 5.41) is 2.49. The van der Waals surface area contributed by atoms with Gasteiger partial charge in [-0.3, -0.25) is 0 Å². The topological polar surface area (TPSA) is 30.7 Å². The van der Waals surface area contributed by atoms with Gasteiger partial charge in [0.25, 0.3) is 0 Å². The molecule has 3 heteroatoms. The van der Waals surface area contributed by atoms with Gasteiger partial charge in [0.05, 0.1) is 22.4 Å². The predicted molar refractivity (Wildman–Crippen MR) is 232 cm³/mol. The highest BCUT2D eigenvalue weighted by Crippen LogP contribution is 2.46. The van der Waals surface area contributed by atoms with Gasteiger partial charge in [-0.2, -0.15) is 0 Å². The molecule has 3 nitrogen and oxygen atoms in total. The van der Waals surface area contributed by atoms with Crippen LogP contribution in [0.4, 0.5) is 0 Å². The van der Waals surface area contributed by atoms with Gasteiger partial charge >= 0.3 is 0 Å². The minimum atomic E-state index is 0.731. The first-order chi connectivity index (χ1) is 27.8. The summed E-state index contributed by atoms with van der Waals surface area (Å²) >= 11 is 0. The Morgan fingerprint density at radius 2 is 0.839 bits per heavy atom. The van der Waals surface area contributed by atoms with Crippen LogP contribution in [-0.2, 0) is 6.42 Å². The Morgan fingerprint density at radius 3 is 1.50 bits per heavy atom. The molecule has 1 aliphatic carbocycles. The van der Waals surface area contributed by atoms with E-state index in [1.165, 1.54) is 66.3 Å². The lowest BCUT2D eigenvalue weighted by Crippen LogP contribution is -1.98. The van der Waals surface area contributed by atoms with E-state index in [-0.39, 0.29) is 0 Å². The Labute approximate surface area is 325 Å². The highest BCUT2D eigenvalue weighted by Gasteiger charge is 2.26. The summed E-state index contributed by atoms with van der Waals surface area (Å²) in [5.41, 5.74) is 18.8. The van der Waals surface area contributed by atoms with Crippen molar-refractivity contribution in [2.75, 3.05) is 0 Å². The van der Waals surface area contributed by atoms with Crippen LogP contribution < -0.4 is 0 Å². The molecular weight excluding hydrogens is 679 g/mol. The fourth-order valence-electron chi connectivity index (χ4n) is 8.66. The van der Waals surface area contributed by atoms with Gasteiger partial charge in [0.15, 0.2) is 5.82 Å². The Bertz CT molecular complexity index is 3020. The predicted octanol–water partition coefficient (Wildman–Crippen LogP) is 13.5. The molecule has 8 aromatic carbocycles. The van der Waals surface area contributed by atoms with Crippen LogP contribution in [0.5, 0.6) is 0 Å². The zero-order valence-corrected chi connectivity index (χ0v) is 30.6. The Kier molecular flexibility index (Phi) is 7.56. The van der Waals surface area contributed by atoms with E-state index >= 15 is 0 Å². The van der Waals surface area contributed by atoms with Crippen molar-refractivity contribution in [3.63, 3.8) is 0 Å². The smallest absolute Gasteiger partial charge is 0.160 e. The van der Waals surface area contributed by atoms with Crippen LogP contribution in [0, 0.1) is 0 Å². The Morgan fingerprint density at radius 1 is 0.339 bits per heavy atom. The van der Waals surface area contributed by atoms with E-state index in [0.29, 0.717) is 0 Å². The molecule has 0 radical (unpaired) electrons. The number of fused-ring (bicyclic) bond motifs is 6. The SMILES string of the molecule is c1ccc(-c2ccc3c(c2)c2cc(-c4cccc5c4Cc4c(-c6cc(-c7ccccc7)nc(-c7ccccc7)n6)cccc4-5)ccc2n3-c2ccccc2)cc1. The maximum Gasteiger partial charge on any atom is 0.160 e. The van der Waals surface area contributed by atoms with Crippen molar-refractivity contribution in [1.29, 1.82) is 0 Å². The van der Waals surface area contributed by atoms with E-state index < -0.39 is 0 Å². The average Bonchev–Trinajstić information content (AvgIpc) is 3.83. The molecule has 56 heavy (non-hydrogen) atoms. The Hall–Kier alpha value is -7.36. The van der Waals surface area contributed by atoms with Gasteiger partial charge in [0, 0.05) is 33.2 Å². The van der Waals surface area contributed by atoms with Crippen molar-refractivity contribution >= 4 is 21.8 Å². The molecule has 0 spiro atoms. The summed E-state index contributed by atoms with van der Waals surface area (Å²) < 4.78 is 2.40. The third kappa shape index (κ3) is 5.36. The first-order valence-electron chi connectivity index (χ1n) is 19.2. The van der Waals surface area contributed by atoms with Gasteiger partial charge in [-0.15, -0.1) is 0 Å². The lowest BCUT2D eigenvalue weighted by Gasteiger charge is -2.12. The van der Waals surface area contributed by atoms with Gasteiger partial charge in [-0.25, -0.2) is 9.97 Å². The monoisotopic (exact) mass is 713 g/mol. The number of para-hydroxylation sites is 1. The van der Waals surface area contributed by atoms with Crippen LogP contribution in [-0.4, -0.2) is 14.5 Å². The fourth-order valence-corrected chi connectivity index (χ4v) is 8.66. The first-order valence-corrected chi connectivity index (χ1v) is 19.2. The highest BCUT2D eigenvalue weighted by molar-refractivity contribution is 6.12. The van der Waals surface area contributed by atoms with Gasteiger partial charge in [-0.1, -0.05) is 158 Å². The summed E-state index contributed by atoms with van der Waals surface area (Å²) in [6.45, 7) is 0. The molecule has 0 aliphatic heterocycles. The second kappa shape index (κ2) is 13.2. The van der Waals surface area contributed by atoms with E-state index in [1.807, 2.05) is 24.3 Å². The minimum absolute atomic E-state index is 0.731. The number of hydrogen-bond donors (Lipinski definition) is 0. The second-order valence-corrected chi connectivity index (χ2v) is 14.5. The van der Waals surface area contributed by atoms with Crippen molar-refractivity contribution in [2.24, 2.45) is 0 Å². The van der Waals surface area contributed by atoms with E-state index in [0.717, 1.165) is 46.0 Å². The molecule has 0 amide bonds. The molecule has 1 aliphatic rings. The molecule has 2 aromatic heterocycles. The van der Waals surface area contributed by atoms with E-state index in [9.17, 15) is 0 Å². The summed E-state index contributed by atoms with van der Waals surface area (Å²) in [5.74, 6) is 0.731. The van der Waals surface area contributed by atoms with Gasteiger partial charge in [-0.05, 0) is 93.4 Å². The molecule has 262 valence electrons. The number of rotatable bonds is 6. The molecule has 2 heterocycles. The molecule has 0 N–H and O–H groups in total. The number of hydrogen-bond acceptors (Lipinski definition) is 2. The van der Waals surface area contributed by atoms with Crippen LogP contribution in [0.2, 0.25) is 0 Å². The number of nitrogens with zero attached hydrogens (tertiary/aromatic N) is 3. The zero-order valence-electron chi connectivity index (χ0n) is 30.6. The number of benzene rings is 8. The van der Waals surface area contributed by atoms with Crippen molar-refractivity contribution in [3.8, 4) is 73.0 Å². The summed E-state index contributed by atoms with van der Waals surface area (Å²) in [7, 11) is 0. The molecule has 0 fully saturated rings. The molecule has 11 rings (SSSR count). The van der Waals surface area contributed by atoms with E-state index in [4.69, 9.17) is 9.97 Å². The molecule has 0 bridgehead atoms. The maximum absolute atomic E-state index is 5.23. The summed E-state index contributed by atoms with van der Waals surface area (Å²) in [4.78, 5) is 10.3. The highest BCUT2D eigenvalue weighted by atomic mass is 15.0. The average molecular weight is 714 g/mol. The first kappa shape index (κ1) is 32.1. The van der Waals surface area contributed by atoms with Crippen molar-refractivity contribution in [2.45, 2.75) is 6.42 Å². The standard InChI is InChI=1S/C53H35N3/c1-5-15-35(16-6-1)38-27-29-51-47(31-38)48-32-39(28-30-52(48)56(51)40-21-11-4-12-22-40)41-23-13-24-42-43-25-14-26-44(46(43)33-45(41)42)50-34-49(36-17-7-2-8-18-36)54-53(55-50)37-19-9-3-10-20-37/h1-32,34H,33H2. The van der Waals surface area contributed by atoms with Crippen LogP contribution in [0.1, 0.15) is 11.1 Å². The van der Waals surface area contributed by atoms with Crippen LogP contribution in [0.15, 0.2) is 200 Å². The van der Waals surface area contributed by atoms with E-state index in [1.54, 1.807) is 0 Å². The third-order valence-electron chi connectivity index (χ3n) is 11.3. The zero-order chi connectivity index (χ0) is 37.0. The molecule has 0 saturated heterocycles. The van der Waals surface area contributed by atoms with Crippen LogP contribution >= 0.6 is 0 Å². The number of aromatic nitrogens is 3. The van der Waals surface area contributed by atoms with Crippen LogP contribution in [0.3, 0.4) is 0 Å². The summed E-state index contributed by atoms with van der Waals surface area (Å²) in [6.07, 6.45) is 0.824. The fraction of sp³-hybridized carbons (Fsp3) is 0.0189. The molecule has 10 aromatic rings. The van der Waals surface area contributed by atoms with Gasteiger partial charge in [0.1, 0.15) is 0 Å². The minimum Gasteiger partial charge on any atom is -0.309 e. The van der Waals surface area contributed by atoms with Crippen molar-refractivity contribution in [1.82, 2.24) is 14.5 Å². The molecular formula is C53H35N3. The van der Waals surface area contributed by atoms with Gasteiger partial charge in [0.2, 0.25) is 0 Å². The van der Waals surface area contributed by atoms with Crippen LogP contribution in [0.25, 0.3) is 94.8 Å². The Balaban J connectivity index is 1.06. The third-order valence-corrected chi connectivity index (χ3v) is 11.3. The lowest BCUT2D eigenvalue weighted by molar-refractivity contribution is 1.17. The quantitative estimate of drug-likeness (QED) is 0.172.